The molecular weight excluding hydrogens is 508 g/mol. The number of carbonyl (C=O) groups excluding carboxylic acids is 2. The van der Waals surface area contributed by atoms with Gasteiger partial charge >= 0.3 is 14.8 Å². The number of carboxylic acids is 1. The van der Waals surface area contributed by atoms with Crippen LogP contribution in [-0.4, -0.2) is 97.3 Å². The standard InChI is InChI=1S/C15H34NO5SSi.C7H5NO4.CH4/c1-14(15(17)21-10-9-16(2,3)4)13-22-11-8-12-23(18-5,19-6)20-7;9-7(10)5-1-3-6(4-2-5)8(11)12;/h14H,8-13H2,1-7H3;1-4H,(H,9,10);1H4/q+1;;/p-1. The lowest BCUT2D eigenvalue weighted by molar-refractivity contribution is -0.870. The number of aromatic carboxylic acids is 1. The number of hydrogen-bond acceptors (Lipinski definition) is 10. The van der Waals surface area contributed by atoms with Gasteiger partial charge in [0, 0.05) is 45.3 Å². The molecule has 11 nitrogen and oxygen atoms in total. The highest BCUT2D eigenvalue weighted by Crippen LogP contribution is 2.19. The van der Waals surface area contributed by atoms with Crippen LogP contribution in [0, 0.1) is 16.0 Å². The Morgan fingerprint density at radius 2 is 1.61 bits per heavy atom. The van der Waals surface area contributed by atoms with E-state index in [2.05, 4.69) is 21.1 Å². The quantitative estimate of drug-likeness (QED) is 0.0799. The first-order chi connectivity index (χ1) is 16.3. The molecular formula is C23H42N2O9SSi. The highest BCUT2D eigenvalue weighted by Gasteiger charge is 2.36. The third-order valence-corrected chi connectivity index (χ3v) is 8.94. The van der Waals surface area contributed by atoms with Crippen molar-refractivity contribution in [1.82, 2.24) is 0 Å². The molecule has 0 aliphatic rings. The van der Waals surface area contributed by atoms with Crippen molar-refractivity contribution >= 4 is 38.2 Å². The van der Waals surface area contributed by atoms with Gasteiger partial charge in [0.1, 0.15) is 13.2 Å². The second kappa shape index (κ2) is 18.2. The number of benzene rings is 1. The van der Waals surface area contributed by atoms with Gasteiger partial charge in [-0.15, -0.1) is 0 Å². The molecule has 208 valence electrons. The van der Waals surface area contributed by atoms with Crippen molar-refractivity contribution in [3.8, 4) is 0 Å². The van der Waals surface area contributed by atoms with Crippen LogP contribution in [0.2, 0.25) is 6.04 Å². The van der Waals surface area contributed by atoms with E-state index >= 15 is 0 Å². The Morgan fingerprint density at radius 1 is 1.08 bits per heavy atom. The lowest BCUT2D eigenvalue weighted by Crippen LogP contribution is -2.42. The van der Waals surface area contributed by atoms with E-state index in [9.17, 15) is 24.8 Å². The third-order valence-electron chi connectivity index (χ3n) is 4.80. The van der Waals surface area contributed by atoms with Gasteiger partial charge in [0.25, 0.3) is 5.69 Å². The van der Waals surface area contributed by atoms with Crippen LogP contribution in [-0.2, 0) is 22.8 Å². The predicted octanol–water partition coefficient (Wildman–Crippen LogP) is 2.47. The summed E-state index contributed by atoms with van der Waals surface area (Å²) in [7, 11) is 8.66. The fourth-order valence-corrected chi connectivity index (χ4v) is 5.54. The zero-order valence-corrected chi connectivity index (χ0v) is 23.4. The number of non-ortho nitro benzene ring substituents is 1. The van der Waals surface area contributed by atoms with Gasteiger partial charge in [0.05, 0.1) is 38.0 Å². The molecule has 1 rings (SSSR count). The van der Waals surface area contributed by atoms with Gasteiger partial charge in [-0.25, -0.2) is 0 Å². The van der Waals surface area contributed by atoms with E-state index in [0.29, 0.717) is 6.61 Å². The largest absolute Gasteiger partial charge is 0.545 e. The fourth-order valence-electron chi connectivity index (χ4n) is 2.56. The number of nitrogens with zero attached hydrogens (tertiary/aromatic N) is 2. The summed E-state index contributed by atoms with van der Waals surface area (Å²) in [6.45, 7) is 3.21. The first-order valence-electron chi connectivity index (χ1n) is 11.0. The van der Waals surface area contributed by atoms with Gasteiger partial charge in [0.2, 0.25) is 0 Å². The van der Waals surface area contributed by atoms with E-state index in [0.717, 1.165) is 59.3 Å². The molecule has 13 heteroatoms. The average molecular weight is 551 g/mol. The van der Waals surface area contributed by atoms with Gasteiger partial charge in [-0.3, -0.25) is 14.9 Å². The molecule has 0 aromatic heterocycles. The number of ether oxygens (including phenoxy) is 1. The number of carboxylic acid groups (broad SMARTS) is 1. The maximum atomic E-state index is 11.9. The predicted molar refractivity (Wildman–Crippen MR) is 141 cm³/mol. The fraction of sp³-hybridized carbons (Fsp3) is 0.652. The van der Waals surface area contributed by atoms with Crippen LogP contribution < -0.4 is 5.11 Å². The molecule has 0 amide bonds. The van der Waals surface area contributed by atoms with Crippen molar-refractivity contribution < 1.29 is 42.1 Å². The molecule has 1 atom stereocenters. The molecule has 0 fully saturated rings. The monoisotopic (exact) mass is 550 g/mol. The van der Waals surface area contributed by atoms with Crippen molar-refractivity contribution in [2.75, 3.05) is 67.1 Å². The van der Waals surface area contributed by atoms with Gasteiger partial charge in [0.15, 0.2) is 0 Å². The van der Waals surface area contributed by atoms with Crippen molar-refractivity contribution in [1.29, 1.82) is 0 Å². The van der Waals surface area contributed by atoms with Crippen molar-refractivity contribution in [2.24, 2.45) is 5.92 Å². The molecule has 0 N–H and O–H groups in total. The zero-order chi connectivity index (χ0) is 27.1. The Kier molecular flexibility index (Phi) is 18.3. The Balaban J connectivity index is 0. The molecule has 0 saturated heterocycles. The molecule has 0 spiro atoms. The number of quaternary nitrogens is 1. The molecule has 1 aromatic rings. The number of nitro groups is 1. The topological polar surface area (TPSA) is 137 Å². The number of esters is 1. The number of hydrogen-bond donors (Lipinski definition) is 0. The summed E-state index contributed by atoms with van der Waals surface area (Å²) >= 11 is 1.75. The van der Waals surface area contributed by atoms with E-state index in [1.165, 1.54) is 0 Å². The normalized spacial score (nSPS) is 12.0. The molecule has 1 unspecified atom stereocenters. The summed E-state index contributed by atoms with van der Waals surface area (Å²) in [6.07, 6.45) is 0.940. The molecule has 0 heterocycles. The van der Waals surface area contributed by atoms with Crippen LogP contribution in [0.5, 0.6) is 0 Å². The van der Waals surface area contributed by atoms with E-state index in [-0.39, 0.29) is 30.6 Å². The van der Waals surface area contributed by atoms with E-state index in [1.807, 2.05) is 6.92 Å². The maximum absolute atomic E-state index is 11.9. The van der Waals surface area contributed by atoms with Crippen LogP contribution in [0.25, 0.3) is 0 Å². The Labute approximate surface area is 220 Å². The van der Waals surface area contributed by atoms with Crippen LogP contribution in [0.15, 0.2) is 24.3 Å². The SMILES string of the molecule is C.CO[Si](CCCSCC(C)C(=O)OCC[N+](C)(C)C)(OC)OC.O=C([O-])c1ccc([N+](=O)[O-])cc1. The Morgan fingerprint density at radius 3 is 2.03 bits per heavy atom. The number of carbonyl (C=O) groups is 2. The smallest absolute Gasteiger partial charge is 0.500 e. The lowest BCUT2D eigenvalue weighted by atomic mass is 10.2. The van der Waals surface area contributed by atoms with E-state index < -0.39 is 19.7 Å². The summed E-state index contributed by atoms with van der Waals surface area (Å²) < 4.78 is 22.3. The van der Waals surface area contributed by atoms with Gasteiger partial charge in [-0.1, -0.05) is 14.4 Å². The minimum absolute atomic E-state index is 0. The molecule has 36 heavy (non-hydrogen) atoms. The zero-order valence-electron chi connectivity index (χ0n) is 21.6. The van der Waals surface area contributed by atoms with Crippen molar-refractivity contribution in [3.05, 3.63) is 39.9 Å². The second-order valence-corrected chi connectivity index (χ2v) is 12.9. The Hall–Kier alpha value is -2.03. The van der Waals surface area contributed by atoms with Crippen LogP contribution in [0.1, 0.15) is 31.1 Å². The van der Waals surface area contributed by atoms with Crippen LogP contribution in [0.4, 0.5) is 5.69 Å². The molecule has 1 aromatic carbocycles. The van der Waals surface area contributed by atoms with Crippen molar-refractivity contribution in [2.45, 2.75) is 26.8 Å². The number of likely N-dealkylation sites (N-methyl/N-ethyl adjacent to an activating group) is 1. The van der Waals surface area contributed by atoms with Gasteiger partial charge in [-0.2, -0.15) is 11.8 Å². The van der Waals surface area contributed by atoms with E-state index in [4.69, 9.17) is 18.0 Å². The summed E-state index contributed by atoms with van der Waals surface area (Å²) in [5, 5.41) is 20.3. The van der Waals surface area contributed by atoms with E-state index in [1.54, 1.807) is 33.1 Å². The lowest BCUT2D eigenvalue weighted by Gasteiger charge is -2.24. The number of thioether (sulfide) groups is 1. The van der Waals surface area contributed by atoms with Crippen LogP contribution >= 0.6 is 11.8 Å². The van der Waals surface area contributed by atoms with Gasteiger partial charge < -0.3 is 32.4 Å². The summed E-state index contributed by atoms with van der Waals surface area (Å²) in [5.41, 5.74) is -0.208. The minimum atomic E-state index is -2.46. The highest BCUT2D eigenvalue weighted by molar-refractivity contribution is 7.99. The Bertz CT molecular complexity index is 744. The molecule has 0 aliphatic carbocycles. The third kappa shape index (κ3) is 15.2. The minimum Gasteiger partial charge on any atom is -0.545 e. The van der Waals surface area contributed by atoms with Crippen molar-refractivity contribution in [3.63, 3.8) is 0 Å². The average Bonchev–Trinajstić information content (AvgIpc) is 2.81. The maximum Gasteiger partial charge on any atom is 0.500 e. The second-order valence-electron chi connectivity index (χ2n) is 8.65. The molecule has 0 bridgehead atoms. The first kappa shape index (κ1) is 36.1. The van der Waals surface area contributed by atoms with Gasteiger partial charge in [-0.05, 0) is 29.9 Å². The highest BCUT2D eigenvalue weighted by atomic mass is 32.2. The summed E-state index contributed by atoms with van der Waals surface area (Å²) in [4.78, 5) is 31.6. The first-order valence-corrected chi connectivity index (χ1v) is 14.1. The molecule has 0 radical (unpaired) electrons. The molecule has 0 aliphatic heterocycles. The summed E-state index contributed by atoms with van der Waals surface area (Å²) in [5.74, 6) is 0.179. The summed E-state index contributed by atoms with van der Waals surface area (Å²) in [6, 6.07) is 5.28. The number of nitro benzene ring substituents is 1. The van der Waals surface area contributed by atoms with Crippen LogP contribution in [0.3, 0.4) is 0 Å². The number of rotatable bonds is 15. The molecule has 0 saturated carbocycles.